The van der Waals surface area contributed by atoms with Crippen molar-refractivity contribution >= 4 is 0 Å². The van der Waals surface area contributed by atoms with Gasteiger partial charge >= 0.3 is 0 Å². The van der Waals surface area contributed by atoms with Gasteiger partial charge in [0.15, 0.2) is 0 Å². The van der Waals surface area contributed by atoms with Crippen LogP contribution in [0.25, 0.3) is 0 Å². The third-order valence-electron chi connectivity index (χ3n) is 1.24. The van der Waals surface area contributed by atoms with Crippen LogP contribution < -0.4 is 0 Å². The lowest BCUT2D eigenvalue weighted by Gasteiger charge is -1.95. The first-order valence-electron chi connectivity index (χ1n) is 5.05. The minimum Gasteiger partial charge on any atom is -0.396 e. The molecule has 2 N–H and O–H groups in total. The fourth-order valence-electron chi connectivity index (χ4n) is 0.578. The summed E-state index contributed by atoms with van der Waals surface area (Å²) >= 11 is 0. The summed E-state index contributed by atoms with van der Waals surface area (Å²) in [4.78, 5) is 0. The summed E-state index contributed by atoms with van der Waals surface area (Å²) in [7, 11) is 0. The zero-order valence-corrected chi connectivity index (χ0v) is 9.12. The predicted molar refractivity (Wildman–Crippen MR) is 54.8 cm³/mol. The molecule has 0 bridgehead atoms. The van der Waals surface area contributed by atoms with Gasteiger partial charge in [0.2, 0.25) is 0 Å². The fraction of sp³-hybridized carbons (Fsp3) is 1.00. The minimum atomic E-state index is -0.352. The van der Waals surface area contributed by atoms with Crippen molar-refractivity contribution in [3.8, 4) is 0 Å². The van der Waals surface area contributed by atoms with Crippen molar-refractivity contribution in [2.24, 2.45) is 0 Å². The predicted octanol–water partition coefficient (Wildman–Crippen LogP) is 1.57. The van der Waals surface area contributed by atoms with Gasteiger partial charge in [0.1, 0.15) is 0 Å². The van der Waals surface area contributed by atoms with Crippen LogP contribution in [0.5, 0.6) is 0 Å². The number of hydrogen-bond acceptors (Lipinski definition) is 3. The van der Waals surface area contributed by atoms with Gasteiger partial charge in [0.05, 0.1) is 6.10 Å². The Balaban J connectivity index is 0. The number of aliphatic hydroxyl groups is 2. The van der Waals surface area contributed by atoms with E-state index in [1.807, 2.05) is 0 Å². The highest BCUT2D eigenvalue weighted by molar-refractivity contribution is 4.40. The third kappa shape index (κ3) is 24.5. The second kappa shape index (κ2) is 14.4. The van der Waals surface area contributed by atoms with Gasteiger partial charge < -0.3 is 14.9 Å². The average molecular weight is 192 g/mol. The van der Waals surface area contributed by atoms with Gasteiger partial charge in [-0.2, -0.15) is 0 Å². The standard InChI is InChI=1S/C6H14O.C4H10O2/c1-3-5-7-6-4-2;1-4(6)2-3-5/h3-6H2,1-2H3;4-6H,2-3H2,1H3. The van der Waals surface area contributed by atoms with Crippen molar-refractivity contribution in [3.05, 3.63) is 0 Å². The van der Waals surface area contributed by atoms with E-state index in [-0.39, 0.29) is 12.7 Å². The Morgan fingerprint density at radius 3 is 1.77 bits per heavy atom. The first-order chi connectivity index (χ1) is 6.18. The van der Waals surface area contributed by atoms with Crippen LogP contribution in [-0.2, 0) is 4.74 Å². The number of rotatable bonds is 6. The molecule has 13 heavy (non-hydrogen) atoms. The maximum absolute atomic E-state index is 8.39. The summed E-state index contributed by atoms with van der Waals surface area (Å²) in [5.41, 5.74) is 0. The molecule has 0 rings (SSSR count). The molecule has 0 spiro atoms. The average Bonchev–Trinajstić information content (AvgIpc) is 2.06. The summed E-state index contributed by atoms with van der Waals surface area (Å²) in [6.07, 6.45) is 2.41. The molecule has 3 nitrogen and oxygen atoms in total. The molecule has 0 fully saturated rings. The Morgan fingerprint density at radius 1 is 1.15 bits per heavy atom. The van der Waals surface area contributed by atoms with Gasteiger partial charge in [-0.3, -0.25) is 0 Å². The van der Waals surface area contributed by atoms with Gasteiger partial charge in [0.25, 0.3) is 0 Å². The second-order valence-electron chi connectivity index (χ2n) is 2.97. The highest BCUT2D eigenvalue weighted by Gasteiger charge is 1.88. The Hall–Kier alpha value is -0.120. The van der Waals surface area contributed by atoms with Crippen LogP contribution in [0.3, 0.4) is 0 Å². The number of hydrogen-bond donors (Lipinski definition) is 2. The highest BCUT2D eigenvalue weighted by atomic mass is 16.5. The maximum Gasteiger partial charge on any atom is 0.0533 e. The van der Waals surface area contributed by atoms with Crippen molar-refractivity contribution in [2.75, 3.05) is 19.8 Å². The molecule has 0 amide bonds. The van der Waals surface area contributed by atoms with Crippen LogP contribution in [0.15, 0.2) is 0 Å². The SMILES string of the molecule is CC(O)CCO.CCCOCCC. The van der Waals surface area contributed by atoms with E-state index >= 15 is 0 Å². The normalized spacial score (nSPS) is 11.8. The Kier molecular flexibility index (Phi) is 17.0. The second-order valence-corrected chi connectivity index (χ2v) is 2.97. The van der Waals surface area contributed by atoms with E-state index < -0.39 is 0 Å². The molecule has 1 unspecified atom stereocenters. The molecule has 0 saturated heterocycles. The topological polar surface area (TPSA) is 49.7 Å². The van der Waals surface area contributed by atoms with E-state index in [1.54, 1.807) is 6.92 Å². The molecule has 82 valence electrons. The quantitative estimate of drug-likeness (QED) is 0.628. The highest BCUT2D eigenvalue weighted by Crippen LogP contribution is 1.83. The molecule has 3 heteroatoms. The van der Waals surface area contributed by atoms with E-state index in [9.17, 15) is 0 Å². The van der Waals surface area contributed by atoms with Crippen LogP contribution >= 0.6 is 0 Å². The molecular weight excluding hydrogens is 168 g/mol. The third-order valence-corrected chi connectivity index (χ3v) is 1.24. The minimum absolute atomic E-state index is 0.0810. The lowest BCUT2D eigenvalue weighted by Crippen LogP contribution is -2.00. The van der Waals surface area contributed by atoms with E-state index in [1.165, 1.54) is 0 Å². The summed E-state index contributed by atoms with van der Waals surface area (Å²) in [6, 6.07) is 0. The summed E-state index contributed by atoms with van der Waals surface area (Å²) in [5.74, 6) is 0. The van der Waals surface area contributed by atoms with E-state index in [2.05, 4.69) is 13.8 Å². The lowest BCUT2D eigenvalue weighted by atomic mass is 10.3. The molecule has 0 radical (unpaired) electrons. The molecule has 0 aromatic carbocycles. The summed E-state index contributed by atoms with van der Waals surface area (Å²) < 4.78 is 5.13. The smallest absolute Gasteiger partial charge is 0.0533 e. The van der Waals surface area contributed by atoms with E-state index in [0.717, 1.165) is 26.1 Å². The van der Waals surface area contributed by atoms with Gasteiger partial charge in [-0.05, 0) is 26.2 Å². The van der Waals surface area contributed by atoms with Crippen LogP contribution in [0.2, 0.25) is 0 Å². The molecule has 0 aliphatic carbocycles. The largest absolute Gasteiger partial charge is 0.396 e. The van der Waals surface area contributed by atoms with Crippen molar-refractivity contribution < 1.29 is 14.9 Å². The first kappa shape index (κ1) is 15.4. The van der Waals surface area contributed by atoms with E-state index in [4.69, 9.17) is 14.9 Å². The molecule has 0 aromatic heterocycles. The summed E-state index contributed by atoms with van der Waals surface area (Å²) in [5, 5.41) is 16.5. The van der Waals surface area contributed by atoms with Gasteiger partial charge in [-0.25, -0.2) is 0 Å². The molecular formula is C10H24O3. The van der Waals surface area contributed by atoms with Crippen molar-refractivity contribution in [1.82, 2.24) is 0 Å². The van der Waals surface area contributed by atoms with E-state index in [0.29, 0.717) is 6.42 Å². The van der Waals surface area contributed by atoms with Crippen LogP contribution in [0.4, 0.5) is 0 Å². The summed E-state index contributed by atoms with van der Waals surface area (Å²) in [6.45, 7) is 7.82. The zero-order chi connectivity index (χ0) is 10.5. The van der Waals surface area contributed by atoms with Crippen molar-refractivity contribution in [1.29, 1.82) is 0 Å². The molecule has 0 aliphatic rings. The maximum atomic E-state index is 8.39. The van der Waals surface area contributed by atoms with Gasteiger partial charge in [-0.1, -0.05) is 13.8 Å². The van der Waals surface area contributed by atoms with Crippen LogP contribution in [-0.4, -0.2) is 36.1 Å². The number of aliphatic hydroxyl groups excluding tert-OH is 2. The van der Waals surface area contributed by atoms with Crippen molar-refractivity contribution in [2.45, 2.75) is 46.1 Å². The molecule has 1 atom stereocenters. The Bertz CT molecular complexity index is 70.6. The lowest BCUT2D eigenvalue weighted by molar-refractivity contribution is 0.135. The Labute approximate surface area is 81.7 Å². The molecule has 0 aliphatic heterocycles. The number of ether oxygens (including phenoxy) is 1. The van der Waals surface area contributed by atoms with Crippen LogP contribution in [0.1, 0.15) is 40.0 Å². The zero-order valence-electron chi connectivity index (χ0n) is 9.12. The fourth-order valence-corrected chi connectivity index (χ4v) is 0.578. The molecule has 0 heterocycles. The monoisotopic (exact) mass is 192 g/mol. The molecule has 0 saturated carbocycles. The van der Waals surface area contributed by atoms with Crippen molar-refractivity contribution in [3.63, 3.8) is 0 Å². The van der Waals surface area contributed by atoms with Gasteiger partial charge in [-0.15, -0.1) is 0 Å². The molecule has 0 aromatic rings. The van der Waals surface area contributed by atoms with Gasteiger partial charge in [0, 0.05) is 19.8 Å². The first-order valence-corrected chi connectivity index (χ1v) is 5.05. The Morgan fingerprint density at radius 2 is 1.62 bits per heavy atom. The van der Waals surface area contributed by atoms with Crippen LogP contribution in [0, 0.1) is 0 Å².